The molecule has 3 nitrogen and oxygen atoms in total. The molecule has 0 aliphatic heterocycles. The average molecular weight is 282 g/mol. The van der Waals surface area contributed by atoms with Crippen LogP contribution in [0.4, 0.5) is 13.2 Å². The van der Waals surface area contributed by atoms with Gasteiger partial charge in [-0.05, 0) is 30.5 Å². The Morgan fingerprint density at radius 3 is 2.50 bits per heavy atom. The molecule has 20 heavy (non-hydrogen) atoms. The second-order valence-corrected chi connectivity index (χ2v) is 4.38. The minimum absolute atomic E-state index is 0.181. The third-order valence-electron chi connectivity index (χ3n) is 2.95. The van der Waals surface area contributed by atoms with Gasteiger partial charge in [0.25, 0.3) is 0 Å². The van der Waals surface area contributed by atoms with Gasteiger partial charge in [-0.3, -0.25) is 9.97 Å². The van der Waals surface area contributed by atoms with E-state index in [0.717, 1.165) is 24.0 Å². The van der Waals surface area contributed by atoms with E-state index in [4.69, 9.17) is 0 Å². The van der Waals surface area contributed by atoms with Crippen molar-refractivity contribution < 1.29 is 18.3 Å². The van der Waals surface area contributed by atoms with Crippen LogP contribution >= 0.6 is 0 Å². The summed E-state index contributed by atoms with van der Waals surface area (Å²) >= 11 is 0. The number of halogens is 3. The number of aryl methyl sites for hydroxylation is 1. The summed E-state index contributed by atoms with van der Waals surface area (Å²) in [6.07, 6.45) is 0.302. The number of hydrogen-bond acceptors (Lipinski definition) is 3. The zero-order valence-electron chi connectivity index (χ0n) is 10.5. The molecule has 2 aromatic rings. The van der Waals surface area contributed by atoms with Gasteiger partial charge in [0.05, 0.1) is 11.7 Å². The molecular weight excluding hydrogens is 269 g/mol. The van der Waals surface area contributed by atoms with Gasteiger partial charge >= 0.3 is 6.18 Å². The lowest BCUT2D eigenvalue weighted by Crippen LogP contribution is -2.13. The third kappa shape index (κ3) is 3.54. The Bertz CT molecular complexity index is 558. The molecule has 0 amide bonds. The van der Waals surface area contributed by atoms with Crippen molar-refractivity contribution in [3.05, 3.63) is 59.7 Å². The summed E-state index contributed by atoms with van der Waals surface area (Å²) in [5.74, 6) is 0. The largest absolute Gasteiger partial charge is 0.416 e. The summed E-state index contributed by atoms with van der Waals surface area (Å²) in [7, 11) is 0. The van der Waals surface area contributed by atoms with Crippen molar-refractivity contribution >= 4 is 0 Å². The molecule has 2 rings (SSSR count). The Hall–Kier alpha value is -1.95. The van der Waals surface area contributed by atoms with Crippen molar-refractivity contribution in [1.29, 1.82) is 0 Å². The second-order valence-electron chi connectivity index (χ2n) is 4.38. The maximum Gasteiger partial charge on any atom is 0.416 e. The van der Waals surface area contributed by atoms with E-state index in [-0.39, 0.29) is 12.0 Å². The molecule has 1 atom stereocenters. The summed E-state index contributed by atoms with van der Waals surface area (Å²) in [5, 5.41) is 9.97. The first-order valence-electron chi connectivity index (χ1n) is 6.06. The standard InChI is InChI=1S/C14H13F3N2O/c15-14(16,17)12-5-7-19-9-11(12)13(20)4-3-10-2-1-6-18-8-10/h1-2,5-9,13,20H,3-4H2. The highest BCUT2D eigenvalue weighted by Gasteiger charge is 2.34. The van der Waals surface area contributed by atoms with E-state index >= 15 is 0 Å². The molecule has 0 aliphatic carbocycles. The molecule has 0 aliphatic rings. The number of hydrogen-bond donors (Lipinski definition) is 1. The van der Waals surface area contributed by atoms with Gasteiger partial charge in [0, 0.05) is 30.4 Å². The molecular formula is C14H13F3N2O. The van der Waals surface area contributed by atoms with Crippen molar-refractivity contribution in [1.82, 2.24) is 9.97 Å². The monoisotopic (exact) mass is 282 g/mol. The van der Waals surface area contributed by atoms with Crippen LogP contribution in [0.1, 0.15) is 29.2 Å². The molecule has 0 radical (unpaired) electrons. The number of aromatic nitrogens is 2. The normalized spacial score (nSPS) is 13.2. The van der Waals surface area contributed by atoms with E-state index in [0.29, 0.717) is 6.42 Å². The minimum Gasteiger partial charge on any atom is -0.388 e. The first-order valence-corrected chi connectivity index (χ1v) is 6.06. The Morgan fingerprint density at radius 2 is 1.85 bits per heavy atom. The summed E-state index contributed by atoms with van der Waals surface area (Å²) < 4.78 is 38.5. The van der Waals surface area contributed by atoms with Gasteiger partial charge in [-0.15, -0.1) is 0 Å². The maximum atomic E-state index is 12.8. The molecule has 0 aromatic carbocycles. The van der Waals surface area contributed by atoms with Crippen LogP contribution in [0.15, 0.2) is 43.0 Å². The van der Waals surface area contributed by atoms with Gasteiger partial charge in [-0.25, -0.2) is 0 Å². The van der Waals surface area contributed by atoms with Crippen molar-refractivity contribution in [3.8, 4) is 0 Å². The van der Waals surface area contributed by atoms with Crippen molar-refractivity contribution in [2.75, 3.05) is 0 Å². The number of aliphatic hydroxyl groups is 1. The smallest absolute Gasteiger partial charge is 0.388 e. The fraction of sp³-hybridized carbons (Fsp3) is 0.286. The topological polar surface area (TPSA) is 46.0 Å². The molecule has 2 aromatic heterocycles. The summed E-state index contributed by atoms with van der Waals surface area (Å²) in [6, 6.07) is 4.43. The van der Waals surface area contributed by atoms with Crippen molar-refractivity contribution in [2.24, 2.45) is 0 Å². The summed E-state index contributed by atoms with van der Waals surface area (Å²) in [5.41, 5.74) is -0.168. The van der Waals surface area contributed by atoms with Gasteiger partial charge in [-0.1, -0.05) is 6.07 Å². The summed E-state index contributed by atoms with van der Waals surface area (Å²) in [6.45, 7) is 0. The molecule has 0 fully saturated rings. The second kappa shape index (κ2) is 6.00. The lowest BCUT2D eigenvalue weighted by molar-refractivity contribution is -0.139. The molecule has 0 bridgehead atoms. The van der Waals surface area contributed by atoms with Crippen LogP contribution in [0.2, 0.25) is 0 Å². The highest BCUT2D eigenvalue weighted by molar-refractivity contribution is 5.28. The fourth-order valence-electron chi connectivity index (χ4n) is 1.94. The van der Waals surface area contributed by atoms with Crippen LogP contribution in [0.25, 0.3) is 0 Å². The average Bonchev–Trinajstić information content (AvgIpc) is 2.45. The van der Waals surface area contributed by atoms with Crippen LogP contribution in [-0.4, -0.2) is 15.1 Å². The molecule has 1 N–H and O–H groups in total. The molecule has 2 heterocycles. The fourth-order valence-corrected chi connectivity index (χ4v) is 1.94. The molecule has 0 saturated carbocycles. The quantitative estimate of drug-likeness (QED) is 0.937. The van der Waals surface area contributed by atoms with Gasteiger partial charge in [0.15, 0.2) is 0 Å². The van der Waals surface area contributed by atoms with E-state index in [1.807, 2.05) is 6.07 Å². The minimum atomic E-state index is -4.49. The van der Waals surface area contributed by atoms with Crippen LogP contribution in [0.5, 0.6) is 0 Å². The van der Waals surface area contributed by atoms with Crippen LogP contribution in [0.3, 0.4) is 0 Å². The Labute approximate surface area is 114 Å². The molecule has 0 saturated heterocycles. The van der Waals surface area contributed by atoms with E-state index in [1.54, 1.807) is 18.5 Å². The number of rotatable bonds is 4. The predicted octanol–water partition coefficient (Wildman–Crippen LogP) is 3.16. The van der Waals surface area contributed by atoms with Gasteiger partial charge in [0.2, 0.25) is 0 Å². The molecule has 0 spiro atoms. The number of pyridine rings is 2. The zero-order chi connectivity index (χ0) is 14.6. The highest BCUT2D eigenvalue weighted by atomic mass is 19.4. The van der Waals surface area contributed by atoms with Crippen LogP contribution < -0.4 is 0 Å². The SMILES string of the molecule is OC(CCc1cccnc1)c1cnccc1C(F)(F)F. The number of aliphatic hydroxyl groups excluding tert-OH is 1. The van der Waals surface area contributed by atoms with Crippen molar-refractivity contribution in [3.63, 3.8) is 0 Å². The molecule has 106 valence electrons. The maximum absolute atomic E-state index is 12.8. The first kappa shape index (κ1) is 14.5. The summed E-state index contributed by atoms with van der Waals surface area (Å²) in [4.78, 5) is 7.58. The van der Waals surface area contributed by atoms with E-state index in [9.17, 15) is 18.3 Å². The van der Waals surface area contributed by atoms with E-state index < -0.39 is 17.8 Å². The van der Waals surface area contributed by atoms with Gasteiger partial charge < -0.3 is 5.11 Å². The van der Waals surface area contributed by atoms with E-state index in [2.05, 4.69) is 9.97 Å². The highest BCUT2D eigenvalue weighted by Crippen LogP contribution is 2.35. The number of alkyl halides is 3. The molecule has 1 unspecified atom stereocenters. The first-order chi connectivity index (χ1) is 9.48. The lowest BCUT2D eigenvalue weighted by atomic mass is 9.99. The van der Waals surface area contributed by atoms with E-state index in [1.165, 1.54) is 0 Å². The Morgan fingerprint density at radius 1 is 1.10 bits per heavy atom. The number of nitrogens with zero attached hydrogens (tertiary/aromatic N) is 2. The van der Waals surface area contributed by atoms with Crippen LogP contribution in [0, 0.1) is 0 Å². The Balaban J connectivity index is 2.12. The van der Waals surface area contributed by atoms with Gasteiger partial charge in [0.1, 0.15) is 0 Å². The van der Waals surface area contributed by atoms with Gasteiger partial charge in [-0.2, -0.15) is 13.2 Å². The predicted molar refractivity (Wildman–Crippen MR) is 66.8 cm³/mol. The van der Waals surface area contributed by atoms with Crippen LogP contribution in [-0.2, 0) is 12.6 Å². The zero-order valence-corrected chi connectivity index (χ0v) is 10.5. The molecule has 6 heteroatoms. The lowest BCUT2D eigenvalue weighted by Gasteiger charge is -2.16. The Kier molecular flexibility index (Phi) is 4.34. The third-order valence-corrected chi connectivity index (χ3v) is 2.95. The van der Waals surface area contributed by atoms with Crippen molar-refractivity contribution in [2.45, 2.75) is 25.1 Å².